The fourth-order valence-corrected chi connectivity index (χ4v) is 2.41. The molecule has 120 valence electrons. The number of alkyl halides is 3. The van der Waals surface area contributed by atoms with Crippen molar-refractivity contribution in [3.8, 4) is 0 Å². The Morgan fingerprint density at radius 1 is 1.30 bits per heavy atom. The quantitative estimate of drug-likeness (QED) is 0.788. The Hall–Kier alpha value is -1.03. The highest BCUT2D eigenvalue weighted by atomic mass is 32.2. The second-order valence-corrected chi connectivity index (χ2v) is 7.65. The van der Waals surface area contributed by atoms with Crippen LogP contribution in [0.25, 0.3) is 0 Å². The molecule has 0 saturated heterocycles. The number of carbonyl (C=O) groups is 1. The molecule has 0 spiro atoms. The fraction of sp³-hybridized carbons (Fsp3) is 0.900. The Morgan fingerprint density at radius 2 is 1.75 bits per heavy atom. The zero-order valence-electron chi connectivity index (χ0n) is 11.8. The highest BCUT2D eigenvalue weighted by molar-refractivity contribution is 7.89. The summed E-state index contributed by atoms with van der Waals surface area (Å²) in [5, 5.41) is 2.34. The summed E-state index contributed by atoms with van der Waals surface area (Å²) in [6.07, 6.45) is -4.82. The lowest BCUT2D eigenvalue weighted by Gasteiger charge is -2.33. The molecule has 1 atom stereocenters. The van der Waals surface area contributed by atoms with Crippen LogP contribution < -0.4 is 11.1 Å². The van der Waals surface area contributed by atoms with E-state index in [-0.39, 0.29) is 6.54 Å². The largest absolute Gasteiger partial charge is 0.404 e. The van der Waals surface area contributed by atoms with Crippen LogP contribution in [-0.2, 0) is 10.0 Å². The number of nitrogens with one attached hydrogen (secondary N) is 1. The van der Waals surface area contributed by atoms with Gasteiger partial charge in [0.05, 0.1) is 0 Å². The van der Waals surface area contributed by atoms with E-state index in [1.54, 1.807) is 20.8 Å². The smallest absolute Gasteiger partial charge is 0.352 e. The van der Waals surface area contributed by atoms with Crippen LogP contribution in [-0.4, -0.2) is 50.3 Å². The Morgan fingerprint density at radius 3 is 2.05 bits per heavy atom. The van der Waals surface area contributed by atoms with Crippen LogP contribution in [0.1, 0.15) is 20.8 Å². The molecule has 0 aliphatic rings. The Labute approximate surface area is 116 Å². The molecule has 0 aromatic carbocycles. The summed E-state index contributed by atoms with van der Waals surface area (Å²) in [5.41, 5.74) is 4.41. The van der Waals surface area contributed by atoms with E-state index in [1.807, 2.05) is 0 Å². The summed E-state index contributed by atoms with van der Waals surface area (Å²) in [6.45, 7) is 4.82. The molecule has 0 saturated carbocycles. The summed E-state index contributed by atoms with van der Waals surface area (Å²) in [7, 11) is -3.46. The van der Waals surface area contributed by atoms with Gasteiger partial charge in [-0.05, 0) is 5.41 Å². The summed E-state index contributed by atoms with van der Waals surface area (Å²) in [5.74, 6) is -1.94. The van der Waals surface area contributed by atoms with Gasteiger partial charge in [0.15, 0.2) is 5.75 Å². The molecule has 0 aliphatic carbocycles. The number of nitrogens with zero attached hydrogens (tertiary/aromatic N) is 1. The van der Waals surface area contributed by atoms with Gasteiger partial charge in [-0.3, -0.25) is 0 Å². The molecule has 0 rings (SSSR count). The van der Waals surface area contributed by atoms with Gasteiger partial charge in [0, 0.05) is 19.6 Å². The number of sulfonamides is 1. The van der Waals surface area contributed by atoms with Crippen LogP contribution in [0, 0.1) is 5.41 Å². The van der Waals surface area contributed by atoms with E-state index in [9.17, 15) is 26.4 Å². The van der Waals surface area contributed by atoms with Gasteiger partial charge in [0.2, 0.25) is 10.0 Å². The summed E-state index contributed by atoms with van der Waals surface area (Å²) < 4.78 is 60.3. The highest BCUT2D eigenvalue weighted by Gasteiger charge is 2.39. The number of halogens is 3. The van der Waals surface area contributed by atoms with Crippen LogP contribution in [0.4, 0.5) is 18.0 Å². The van der Waals surface area contributed by atoms with Crippen LogP contribution in [0.3, 0.4) is 0 Å². The van der Waals surface area contributed by atoms with Gasteiger partial charge < -0.3 is 11.1 Å². The number of rotatable bonds is 5. The number of hydrogen-bond donors (Lipinski definition) is 2. The zero-order chi connectivity index (χ0) is 16.4. The van der Waals surface area contributed by atoms with Crippen LogP contribution in [0.2, 0.25) is 0 Å². The number of primary amides is 1. The van der Waals surface area contributed by atoms with Gasteiger partial charge in [-0.15, -0.1) is 0 Å². The van der Waals surface area contributed by atoms with Crippen molar-refractivity contribution in [3.63, 3.8) is 0 Å². The normalized spacial score (nSPS) is 15.2. The first-order valence-corrected chi connectivity index (χ1v) is 7.33. The summed E-state index contributed by atoms with van der Waals surface area (Å²) in [6, 6.07) is -1.58. The van der Waals surface area contributed by atoms with Crippen molar-refractivity contribution in [3.05, 3.63) is 0 Å². The maximum atomic E-state index is 12.2. The van der Waals surface area contributed by atoms with E-state index in [2.05, 4.69) is 5.32 Å². The van der Waals surface area contributed by atoms with E-state index in [4.69, 9.17) is 5.73 Å². The van der Waals surface area contributed by atoms with Crippen molar-refractivity contribution < 1.29 is 26.4 Å². The molecule has 0 heterocycles. The lowest BCUT2D eigenvalue weighted by molar-refractivity contribution is -0.107. The number of urea groups is 1. The first-order chi connectivity index (χ1) is 8.65. The fourth-order valence-electron chi connectivity index (χ4n) is 1.40. The standard InChI is InChI=1S/C10H20F3N3O3S/c1-9(2,3)7(15-8(14)17)5-16(4)20(18,19)6-10(11,12)13/h7H,5-6H2,1-4H3,(H3,14,15,17). The molecular formula is C10H20F3N3O3S. The summed E-state index contributed by atoms with van der Waals surface area (Å²) in [4.78, 5) is 10.9. The molecule has 0 aliphatic heterocycles. The molecule has 6 nitrogen and oxygen atoms in total. The minimum absolute atomic E-state index is 0.301. The first-order valence-electron chi connectivity index (χ1n) is 5.72. The van der Waals surface area contributed by atoms with Crippen molar-refractivity contribution in [2.45, 2.75) is 33.0 Å². The third kappa shape index (κ3) is 6.94. The molecule has 0 fully saturated rings. The molecule has 20 heavy (non-hydrogen) atoms. The van der Waals surface area contributed by atoms with E-state index in [0.29, 0.717) is 4.31 Å². The average molecular weight is 319 g/mol. The third-order valence-corrected chi connectivity index (χ3v) is 4.41. The molecule has 2 amide bonds. The van der Waals surface area contributed by atoms with Crippen molar-refractivity contribution in [2.24, 2.45) is 11.1 Å². The van der Waals surface area contributed by atoms with Crippen molar-refractivity contribution in [1.82, 2.24) is 9.62 Å². The number of carbonyl (C=O) groups excluding carboxylic acids is 1. The molecular weight excluding hydrogens is 299 g/mol. The van der Waals surface area contributed by atoms with Crippen LogP contribution >= 0.6 is 0 Å². The maximum Gasteiger partial charge on any atom is 0.404 e. The molecule has 0 radical (unpaired) electrons. The van der Waals surface area contributed by atoms with E-state index < -0.39 is 39.4 Å². The van der Waals surface area contributed by atoms with Gasteiger partial charge in [0.25, 0.3) is 0 Å². The highest BCUT2D eigenvalue weighted by Crippen LogP contribution is 2.23. The lowest BCUT2D eigenvalue weighted by atomic mass is 9.87. The number of likely N-dealkylation sites (N-methyl/N-ethyl adjacent to an activating group) is 1. The summed E-state index contributed by atoms with van der Waals surface area (Å²) >= 11 is 0. The minimum atomic E-state index is -4.82. The second kappa shape index (κ2) is 6.17. The monoisotopic (exact) mass is 319 g/mol. The van der Waals surface area contributed by atoms with Crippen molar-refractivity contribution in [2.75, 3.05) is 19.3 Å². The predicted molar refractivity (Wildman–Crippen MR) is 68.4 cm³/mol. The Balaban J connectivity index is 5.01. The molecule has 1 unspecified atom stereocenters. The maximum absolute atomic E-state index is 12.2. The average Bonchev–Trinajstić information content (AvgIpc) is 2.09. The lowest BCUT2D eigenvalue weighted by Crippen LogP contribution is -2.53. The number of hydrogen-bond acceptors (Lipinski definition) is 3. The second-order valence-electron chi connectivity index (χ2n) is 5.58. The number of amides is 2. The Bertz CT molecular complexity index is 443. The van der Waals surface area contributed by atoms with E-state index in [0.717, 1.165) is 7.05 Å². The van der Waals surface area contributed by atoms with E-state index in [1.165, 1.54) is 0 Å². The van der Waals surface area contributed by atoms with Gasteiger partial charge in [-0.1, -0.05) is 20.8 Å². The van der Waals surface area contributed by atoms with Crippen LogP contribution in [0.15, 0.2) is 0 Å². The Kier molecular flexibility index (Phi) is 5.85. The SMILES string of the molecule is CN(CC(NC(N)=O)C(C)(C)C)S(=O)(=O)CC(F)(F)F. The van der Waals surface area contributed by atoms with Gasteiger partial charge in [-0.2, -0.15) is 13.2 Å². The van der Waals surface area contributed by atoms with E-state index >= 15 is 0 Å². The van der Waals surface area contributed by atoms with Gasteiger partial charge in [0.1, 0.15) is 0 Å². The van der Waals surface area contributed by atoms with Crippen molar-refractivity contribution in [1.29, 1.82) is 0 Å². The zero-order valence-corrected chi connectivity index (χ0v) is 12.6. The first kappa shape index (κ1) is 19.0. The van der Waals surface area contributed by atoms with Crippen LogP contribution in [0.5, 0.6) is 0 Å². The molecule has 0 bridgehead atoms. The molecule has 0 aromatic rings. The van der Waals surface area contributed by atoms with Gasteiger partial charge in [-0.25, -0.2) is 17.5 Å². The topological polar surface area (TPSA) is 92.5 Å². The minimum Gasteiger partial charge on any atom is -0.352 e. The van der Waals surface area contributed by atoms with Gasteiger partial charge >= 0.3 is 12.2 Å². The third-order valence-electron chi connectivity index (χ3n) is 2.62. The van der Waals surface area contributed by atoms with Crippen molar-refractivity contribution >= 4 is 16.1 Å². The number of nitrogens with two attached hydrogens (primary N) is 1. The molecule has 0 aromatic heterocycles. The molecule has 10 heteroatoms. The molecule has 3 N–H and O–H groups in total. The predicted octanol–water partition coefficient (Wildman–Crippen LogP) is 0.893.